The molecule has 1 aromatic carbocycles. The zero-order valence-electron chi connectivity index (χ0n) is 21.6. The molecule has 2 aromatic rings. The van der Waals surface area contributed by atoms with Crippen LogP contribution in [0.4, 0.5) is 11.5 Å². The van der Waals surface area contributed by atoms with Crippen LogP contribution in [0.3, 0.4) is 0 Å². The van der Waals surface area contributed by atoms with Gasteiger partial charge in [0.05, 0.1) is 30.8 Å². The van der Waals surface area contributed by atoms with E-state index >= 15 is 0 Å². The van der Waals surface area contributed by atoms with Crippen molar-refractivity contribution in [3.63, 3.8) is 0 Å². The first-order valence-corrected chi connectivity index (χ1v) is 12.6. The van der Waals surface area contributed by atoms with Crippen LogP contribution in [0.25, 0.3) is 0 Å². The molecule has 2 heterocycles. The highest BCUT2D eigenvalue weighted by atomic mass is 16.5. The standard InChI is InChI=1S/C24H36N6O2.C2H6/c1-4-9-30(10-5-2)23-18-22(19-25-28-21-8-6-7-20(3)17-21)26-24(27-23)32-16-13-29-11-14-31-15-12-29;1-2/h6-8,17-19,28H,4-5,9-16H2,1-3H3;1-2H3/b25-19+;. The second-order valence-electron chi connectivity index (χ2n) is 7.96. The van der Waals surface area contributed by atoms with Crippen LogP contribution in [-0.4, -0.2) is 73.6 Å². The van der Waals surface area contributed by atoms with Crippen molar-refractivity contribution in [2.24, 2.45) is 5.10 Å². The van der Waals surface area contributed by atoms with Gasteiger partial charge in [0, 0.05) is 38.8 Å². The van der Waals surface area contributed by atoms with Crippen LogP contribution < -0.4 is 15.1 Å². The third kappa shape index (κ3) is 9.65. The van der Waals surface area contributed by atoms with Gasteiger partial charge in [-0.1, -0.05) is 39.8 Å². The molecule has 3 rings (SSSR count). The second-order valence-corrected chi connectivity index (χ2v) is 7.96. The number of nitrogens with zero attached hydrogens (tertiary/aromatic N) is 5. The van der Waals surface area contributed by atoms with Gasteiger partial charge in [-0.3, -0.25) is 10.3 Å². The molecule has 8 nitrogen and oxygen atoms in total. The van der Waals surface area contributed by atoms with Crippen LogP contribution in [0.2, 0.25) is 0 Å². The monoisotopic (exact) mass is 470 g/mol. The van der Waals surface area contributed by atoms with Crippen molar-refractivity contribution in [3.8, 4) is 6.01 Å². The summed E-state index contributed by atoms with van der Waals surface area (Å²) in [5, 5.41) is 4.38. The molecule has 0 aliphatic carbocycles. The van der Waals surface area contributed by atoms with E-state index in [0.717, 1.165) is 70.3 Å². The Balaban J connectivity index is 0.00000199. The number of hydrogen-bond donors (Lipinski definition) is 1. The van der Waals surface area contributed by atoms with E-state index in [1.54, 1.807) is 6.21 Å². The van der Waals surface area contributed by atoms with Gasteiger partial charge in [-0.25, -0.2) is 0 Å². The molecule has 1 aromatic heterocycles. The van der Waals surface area contributed by atoms with Gasteiger partial charge in [0.2, 0.25) is 0 Å². The summed E-state index contributed by atoms with van der Waals surface area (Å²) in [6.07, 6.45) is 3.82. The van der Waals surface area contributed by atoms with Crippen molar-refractivity contribution in [1.82, 2.24) is 14.9 Å². The lowest BCUT2D eigenvalue weighted by molar-refractivity contribution is 0.0317. The zero-order chi connectivity index (χ0) is 24.6. The molecule has 1 fully saturated rings. The van der Waals surface area contributed by atoms with Gasteiger partial charge < -0.3 is 14.4 Å². The third-order valence-corrected chi connectivity index (χ3v) is 5.17. The van der Waals surface area contributed by atoms with E-state index in [1.807, 2.05) is 38.1 Å². The average molecular weight is 471 g/mol. The first-order valence-electron chi connectivity index (χ1n) is 12.6. The zero-order valence-corrected chi connectivity index (χ0v) is 21.6. The molecule has 0 bridgehead atoms. The minimum absolute atomic E-state index is 0.393. The van der Waals surface area contributed by atoms with Crippen molar-refractivity contribution < 1.29 is 9.47 Å². The smallest absolute Gasteiger partial charge is 0.319 e. The Hall–Kier alpha value is -2.71. The molecule has 0 spiro atoms. The fourth-order valence-corrected chi connectivity index (χ4v) is 3.58. The molecule has 0 unspecified atom stereocenters. The predicted octanol–water partition coefficient (Wildman–Crippen LogP) is 4.59. The number of rotatable bonds is 12. The van der Waals surface area contributed by atoms with Crippen LogP contribution in [0, 0.1) is 6.92 Å². The summed E-state index contributed by atoms with van der Waals surface area (Å²) in [6, 6.07) is 10.5. The van der Waals surface area contributed by atoms with Crippen LogP contribution in [0.15, 0.2) is 35.4 Å². The molecule has 1 aliphatic heterocycles. The van der Waals surface area contributed by atoms with Crippen molar-refractivity contribution in [3.05, 3.63) is 41.6 Å². The lowest BCUT2D eigenvalue weighted by Crippen LogP contribution is -2.38. The number of aromatic nitrogens is 2. The fraction of sp³-hybridized carbons (Fsp3) is 0.577. The molecule has 1 aliphatic rings. The summed E-state index contributed by atoms with van der Waals surface area (Å²) in [4.78, 5) is 13.9. The minimum atomic E-state index is 0.393. The molecule has 0 amide bonds. The maximum absolute atomic E-state index is 5.96. The van der Waals surface area contributed by atoms with Gasteiger partial charge in [0.25, 0.3) is 0 Å². The first kappa shape index (κ1) is 27.5. The maximum atomic E-state index is 5.96. The van der Waals surface area contributed by atoms with Crippen LogP contribution in [0.1, 0.15) is 51.8 Å². The molecular weight excluding hydrogens is 428 g/mol. The summed E-state index contributed by atoms with van der Waals surface area (Å²) in [5.41, 5.74) is 5.91. The van der Waals surface area contributed by atoms with Crippen molar-refractivity contribution in [2.75, 3.05) is 62.9 Å². The summed E-state index contributed by atoms with van der Waals surface area (Å²) in [5.74, 6) is 0.877. The largest absolute Gasteiger partial charge is 0.462 e. The normalized spacial score (nSPS) is 13.9. The van der Waals surface area contributed by atoms with E-state index in [-0.39, 0.29) is 0 Å². The summed E-state index contributed by atoms with van der Waals surface area (Å²) < 4.78 is 11.4. The Labute approximate surface area is 205 Å². The van der Waals surface area contributed by atoms with Gasteiger partial charge in [0.1, 0.15) is 12.4 Å². The second kappa shape index (κ2) is 16.0. The van der Waals surface area contributed by atoms with Gasteiger partial charge >= 0.3 is 6.01 Å². The van der Waals surface area contributed by atoms with E-state index in [0.29, 0.717) is 18.3 Å². The van der Waals surface area contributed by atoms with E-state index in [1.165, 1.54) is 5.56 Å². The molecule has 0 atom stereocenters. The summed E-state index contributed by atoms with van der Waals surface area (Å²) >= 11 is 0. The van der Waals surface area contributed by atoms with E-state index in [2.05, 4.69) is 52.1 Å². The highest BCUT2D eigenvalue weighted by Gasteiger charge is 2.13. The van der Waals surface area contributed by atoms with Crippen molar-refractivity contribution in [1.29, 1.82) is 0 Å². The SMILES string of the molecule is CC.CCCN(CCC)c1cc(/C=N/Nc2cccc(C)c2)nc(OCCN2CCOCC2)n1. The van der Waals surface area contributed by atoms with Gasteiger partial charge in [0.15, 0.2) is 0 Å². The minimum Gasteiger partial charge on any atom is -0.462 e. The van der Waals surface area contributed by atoms with E-state index < -0.39 is 0 Å². The van der Waals surface area contributed by atoms with E-state index in [9.17, 15) is 0 Å². The molecule has 188 valence electrons. The highest BCUT2D eigenvalue weighted by molar-refractivity contribution is 5.79. The number of morpholine rings is 1. The van der Waals surface area contributed by atoms with Gasteiger partial charge in [-0.2, -0.15) is 15.1 Å². The first-order chi connectivity index (χ1) is 16.7. The third-order valence-electron chi connectivity index (χ3n) is 5.17. The lowest BCUT2D eigenvalue weighted by Gasteiger charge is -2.26. The van der Waals surface area contributed by atoms with Crippen LogP contribution in [-0.2, 0) is 4.74 Å². The number of hydrazone groups is 1. The van der Waals surface area contributed by atoms with Gasteiger partial charge in [-0.15, -0.1) is 0 Å². The Kier molecular flexibility index (Phi) is 13.0. The number of benzene rings is 1. The molecule has 1 N–H and O–H groups in total. The number of hydrogen-bond acceptors (Lipinski definition) is 8. The Morgan fingerprint density at radius 2 is 1.85 bits per heavy atom. The molecule has 1 saturated heterocycles. The molecular formula is C26H42N6O2. The Bertz CT molecular complexity index is 849. The van der Waals surface area contributed by atoms with Crippen LogP contribution >= 0.6 is 0 Å². The molecule has 0 radical (unpaired) electrons. The maximum Gasteiger partial charge on any atom is 0.319 e. The van der Waals surface area contributed by atoms with E-state index in [4.69, 9.17) is 14.5 Å². The lowest BCUT2D eigenvalue weighted by atomic mass is 10.2. The van der Waals surface area contributed by atoms with Gasteiger partial charge in [-0.05, 0) is 37.5 Å². The highest BCUT2D eigenvalue weighted by Crippen LogP contribution is 2.17. The fourth-order valence-electron chi connectivity index (χ4n) is 3.58. The average Bonchev–Trinajstić information content (AvgIpc) is 2.86. The van der Waals surface area contributed by atoms with Crippen molar-refractivity contribution in [2.45, 2.75) is 47.5 Å². The molecule has 0 saturated carbocycles. The molecule has 8 heteroatoms. The summed E-state index contributed by atoms with van der Waals surface area (Å²) in [6.45, 7) is 17.1. The summed E-state index contributed by atoms with van der Waals surface area (Å²) in [7, 11) is 0. The topological polar surface area (TPSA) is 75.1 Å². The predicted molar refractivity (Wildman–Crippen MR) is 141 cm³/mol. The molecule has 34 heavy (non-hydrogen) atoms. The van der Waals surface area contributed by atoms with Crippen molar-refractivity contribution >= 4 is 17.7 Å². The number of aryl methyl sites for hydroxylation is 1. The Morgan fingerprint density at radius 3 is 2.53 bits per heavy atom. The number of nitrogens with one attached hydrogen (secondary N) is 1. The number of anilines is 2. The Morgan fingerprint density at radius 1 is 1.12 bits per heavy atom. The quantitative estimate of drug-likeness (QED) is 0.359. The van der Waals surface area contributed by atoms with Crippen LogP contribution in [0.5, 0.6) is 6.01 Å². The number of ether oxygens (including phenoxy) is 2.